The SMILES string of the molecule is COC(=O)C1=C[C@H](O[Si](c2ccccc2)(c2ccccc2)C(C)(C)C)C[C@@H]1O. The number of ether oxygens (including phenoxy) is 1. The second-order valence-corrected chi connectivity index (χ2v) is 12.4. The van der Waals surface area contributed by atoms with E-state index >= 15 is 0 Å². The molecule has 0 radical (unpaired) electrons. The van der Waals surface area contributed by atoms with E-state index in [1.165, 1.54) is 17.5 Å². The molecule has 0 fully saturated rings. The van der Waals surface area contributed by atoms with Gasteiger partial charge in [0.15, 0.2) is 0 Å². The Labute approximate surface area is 167 Å². The van der Waals surface area contributed by atoms with Crippen molar-refractivity contribution in [3.05, 3.63) is 72.3 Å². The monoisotopic (exact) mass is 396 g/mol. The van der Waals surface area contributed by atoms with Gasteiger partial charge in [-0.2, -0.15) is 0 Å². The Kier molecular flexibility index (Phi) is 5.89. The van der Waals surface area contributed by atoms with Crippen LogP contribution < -0.4 is 10.4 Å². The first-order valence-corrected chi connectivity index (χ1v) is 11.5. The van der Waals surface area contributed by atoms with Gasteiger partial charge in [-0.05, 0) is 21.5 Å². The molecule has 1 aliphatic carbocycles. The van der Waals surface area contributed by atoms with Crippen LogP contribution in [0.15, 0.2) is 72.3 Å². The molecule has 148 valence electrons. The van der Waals surface area contributed by atoms with Gasteiger partial charge >= 0.3 is 5.97 Å². The molecular formula is C23H28O4Si. The molecule has 0 unspecified atom stereocenters. The summed E-state index contributed by atoms with van der Waals surface area (Å²) in [4.78, 5) is 12.0. The highest BCUT2D eigenvalue weighted by Gasteiger charge is 2.52. The summed E-state index contributed by atoms with van der Waals surface area (Å²) in [6.07, 6.45) is 0.871. The lowest BCUT2D eigenvalue weighted by Crippen LogP contribution is -2.67. The van der Waals surface area contributed by atoms with Crippen molar-refractivity contribution >= 4 is 24.7 Å². The van der Waals surface area contributed by atoms with E-state index in [0.717, 1.165) is 0 Å². The summed E-state index contributed by atoms with van der Waals surface area (Å²) >= 11 is 0. The van der Waals surface area contributed by atoms with Gasteiger partial charge in [-0.15, -0.1) is 0 Å². The Morgan fingerprint density at radius 1 is 1.00 bits per heavy atom. The van der Waals surface area contributed by atoms with Crippen molar-refractivity contribution in [2.45, 2.75) is 44.4 Å². The molecule has 4 nitrogen and oxygen atoms in total. The summed E-state index contributed by atoms with van der Waals surface area (Å²) in [6.45, 7) is 6.61. The molecule has 1 aliphatic rings. The van der Waals surface area contributed by atoms with Crippen molar-refractivity contribution in [1.82, 2.24) is 0 Å². The van der Waals surface area contributed by atoms with Crippen LogP contribution in [0.3, 0.4) is 0 Å². The summed E-state index contributed by atoms with van der Waals surface area (Å²) in [5.74, 6) is -0.499. The van der Waals surface area contributed by atoms with E-state index in [2.05, 4.69) is 45.0 Å². The number of carbonyl (C=O) groups excluding carboxylic acids is 1. The second kappa shape index (κ2) is 8.03. The van der Waals surface area contributed by atoms with Crippen LogP contribution in [0.1, 0.15) is 27.2 Å². The molecule has 0 aliphatic heterocycles. The molecule has 0 heterocycles. The normalized spacial score (nSPS) is 20.0. The van der Waals surface area contributed by atoms with Gasteiger partial charge in [0.2, 0.25) is 0 Å². The van der Waals surface area contributed by atoms with Gasteiger partial charge < -0.3 is 14.3 Å². The summed E-state index contributed by atoms with van der Waals surface area (Å²) in [5, 5.41) is 12.5. The minimum Gasteiger partial charge on any atom is -0.466 e. The Balaban J connectivity index is 2.12. The molecule has 0 spiro atoms. The standard InChI is InChI=1S/C23H28O4Si/c1-23(2,3)28(18-11-7-5-8-12-18,19-13-9-6-10-14-19)27-17-15-20(21(24)16-17)22(25)26-4/h5-15,17,21,24H,16H2,1-4H3/t17-,21-/m0/s1. The molecule has 0 bridgehead atoms. The van der Waals surface area contributed by atoms with E-state index < -0.39 is 20.4 Å². The van der Waals surface area contributed by atoms with Gasteiger partial charge in [-0.1, -0.05) is 81.4 Å². The third-order valence-electron chi connectivity index (χ3n) is 5.35. The van der Waals surface area contributed by atoms with Crippen LogP contribution in [0.2, 0.25) is 5.04 Å². The zero-order chi connectivity index (χ0) is 20.4. The predicted octanol–water partition coefficient (Wildman–Crippen LogP) is 2.80. The van der Waals surface area contributed by atoms with E-state index in [1.807, 2.05) is 36.4 Å². The van der Waals surface area contributed by atoms with E-state index in [4.69, 9.17) is 9.16 Å². The van der Waals surface area contributed by atoms with Crippen molar-refractivity contribution in [3.8, 4) is 0 Å². The first kappa shape index (κ1) is 20.5. The molecule has 0 aromatic heterocycles. The Morgan fingerprint density at radius 3 is 1.93 bits per heavy atom. The maximum Gasteiger partial charge on any atom is 0.336 e. The van der Waals surface area contributed by atoms with Gasteiger partial charge in [0.25, 0.3) is 8.32 Å². The van der Waals surface area contributed by atoms with Crippen molar-refractivity contribution in [3.63, 3.8) is 0 Å². The van der Waals surface area contributed by atoms with Gasteiger partial charge in [0.05, 0.1) is 24.9 Å². The van der Waals surface area contributed by atoms with Crippen LogP contribution in [0.5, 0.6) is 0 Å². The Morgan fingerprint density at radius 2 is 1.50 bits per heavy atom. The highest BCUT2D eigenvalue weighted by Crippen LogP contribution is 2.39. The minimum absolute atomic E-state index is 0.164. The van der Waals surface area contributed by atoms with Gasteiger partial charge in [-0.3, -0.25) is 0 Å². The number of methoxy groups -OCH3 is 1. The maximum absolute atomic E-state index is 12.0. The maximum atomic E-state index is 12.0. The lowest BCUT2D eigenvalue weighted by molar-refractivity contribution is -0.137. The molecule has 3 rings (SSSR count). The smallest absolute Gasteiger partial charge is 0.336 e. The fraction of sp³-hybridized carbons (Fsp3) is 0.348. The molecule has 5 heteroatoms. The number of benzene rings is 2. The fourth-order valence-corrected chi connectivity index (χ4v) is 8.68. The van der Waals surface area contributed by atoms with Crippen LogP contribution in [0.25, 0.3) is 0 Å². The van der Waals surface area contributed by atoms with Crippen molar-refractivity contribution in [2.75, 3.05) is 7.11 Å². The van der Waals surface area contributed by atoms with Gasteiger partial charge in [0.1, 0.15) is 0 Å². The van der Waals surface area contributed by atoms with Crippen LogP contribution in [-0.4, -0.2) is 38.7 Å². The topological polar surface area (TPSA) is 55.8 Å². The van der Waals surface area contributed by atoms with Crippen LogP contribution in [-0.2, 0) is 14.0 Å². The van der Waals surface area contributed by atoms with Crippen molar-refractivity contribution in [1.29, 1.82) is 0 Å². The summed E-state index contributed by atoms with van der Waals surface area (Å²) in [5.41, 5.74) is 0.283. The number of carbonyl (C=O) groups is 1. The highest BCUT2D eigenvalue weighted by molar-refractivity contribution is 6.99. The first-order chi connectivity index (χ1) is 13.3. The third kappa shape index (κ3) is 3.70. The van der Waals surface area contributed by atoms with Gasteiger partial charge in [0, 0.05) is 6.42 Å². The van der Waals surface area contributed by atoms with Crippen molar-refractivity contribution < 1.29 is 19.1 Å². The summed E-state index contributed by atoms with van der Waals surface area (Å²) < 4.78 is 11.7. The fourth-order valence-electron chi connectivity index (χ4n) is 4.05. The third-order valence-corrected chi connectivity index (χ3v) is 10.4. The molecule has 0 amide bonds. The molecule has 28 heavy (non-hydrogen) atoms. The highest BCUT2D eigenvalue weighted by atomic mass is 28.4. The van der Waals surface area contributed by atoms with Gasteiger partial charge in [-0.25, -0.2) is 4.79 Å². The van der Waals surface area contributed by atoms with Crippen LogP contribution in [0.4, 0.5) is 0 Å². The summed E-state index contributed by atoms with van der Waals surface area (Å²) in [6, 6.07) is 20.7. The zero-order valence-corrected chi connectivity index (χ0v) is 17.9. The molecule has 2 atom stereocenters. The molecule has 2 aromatic rings. The molecule has 2 aromatic carbocycles. The van der Waals surface area contributed by atoms with E-state index in [0.29, 0.717) is 6.42 Å². The lowest BCUT2D eigenvalue weighted by atomic mass is 10.2. The average Bonchev–Trinajstić information content (AvgIpc) is 3.06. The largest absolute Gasteiger partial charge is 0.466 e. The Hall–Kier alpha value is -2.21. The first-order valence-electron chi connectivity index (χ1n) is 9.56. The molecule has 0 saturated heterocycles. The second-order valence-electron chi connectivity index (χ2n) is 8.18. The summed E-state index contributed by atoms with van der Waals surface area (Å²) in [7, 11) is -1.40. The average molecular weight is 397 g/mol. The number of aliphatic hydroxyl groups excluding tert-OH is 1. The Bertz CT molecular complexity index is 800. The van der Waals surface area contributed by atoms with E-state index in [-0.39, 0.29) is 16.7 Å². The number of hydrogen-bond acceptors (Lipinski definition) is 4. The number of rotatable bonds is 5. The number of hydrogen-bond donors (Lipinski definition) is 1. The van der Waals surface area contributed by atoms with Crippen LogP contribution >= 0.6 is 0 Å². The minimum atomic E-state index is -2.73. The zero-order valence-electron chi connectivity index (χ0n) is 16.9. The quantitative estimate of drug-likeness (QED) is 0.624. The number of aliphatic hydroxyl groups is 1. The van der Waals surface area contributed by atoms with E-state index in [1.54, 1.807) is 6.08 Å². The predicted molar refractivity (Wildman–Crippen MR) is 113 cm³/mol. The van der Waals surface area contributed by atoms with Crippen molar-refractivity contribution in [2.24, 2.45) is 0 Å². The van der Waals surface area contributed by atoms with Crippen LogP contribution in [0, 0.1) is 0 Å². The molecule has 0 saturated carbocycles. The van der Waals surface area contributed by atoms with E-state index in [9.17, 15) is 9.90 Å². The lowest BCUT2D eigenvalue weighted by Gasteiger charge is -2.44. The number of esters is 1. The molecular weight excluding hydrogens is 368 g/mol. The molecule has 1 N–H and O–H groups in total.